The van der Waals surface area contributed by atoms with Gasteiger partial charge in [0.05, 0.1) is 0 Å². The quantitative estimate of drug-likeness (QED) is 0.572. The average molecular weight is 443 g/mol. The molecule has 0 bridgehead atoms. The van der Waals surface area contributed by atoms with Crippen molar-refractivity contribution in [2.45, 2.75) is 110 Å². The van der Waals surface area contributed by atoms with E-state index in [0.29, 0.717) is 29.7 Å². The van der Waals surface area contributed by atoms with Crippen molar-refractivity contribution in [3.8, 4) is 0 Å². The van der Waals surface area contributed by atoms with Gasteiger partial charge in [0.2, 0.25) is 11.8 Å². The van der Waals surface area contributed by atoms with Gasteiger partial charge in [0.25, 0.3) is 0 Å². The van der Waals surface area contributed by atoms with Gasteiger partial charge >= 0.3 is 0 Å². The summed E-state index contributed by atoms with van der Waals surface area (Å²) in [5, 5.41) is 3.57. The third-order valence-corrected chi connectivity index (χ3v) is 10.9. The van der Waals surface area contributed by atoms with Crippen LogP contribution in [0.1, 0.15) is 98.8 Å². The summed E-state index contributed by atoms with van der Waals surface area (Å²) in [6, 6.07) is 0.329. The van der Waals surface area contributed by atoms with Crippen LogP contribution in [-0.4, -0.2) is 35.3 Å². The zero-order valence-corrected chi connectivity index (χ0v) is 21.4. The second-order valence-electron chi connectivity index (χ2n) is 12.0. The normalized spacial score (nSPS) is 41.1. The molecular formula is C28H46N2O2. The van der Waals surface area contributed by atoms with E-state index >= 15 is 0 Å². The number of fused-ring (bicyclic) bond motifs is 5. The summed E-state index contributed by atoms with van der Waals surface area (Å²) in [5.41, 5.74) is 0.162. The highest BCUT2D eigenvalue weighted by atomic mass is 16.2. The number of hydrogen-bond donors (Lipinski definition) is 1. The van der Waals surface area contributed by atoms with Gasteiger partial charge in [-0.2, -0.15) is 0 Å². The first kappa shape index (κ1) is 23.8. The Balaban J connectivity index is 1.55. The Labute approximate surface area is 196 Å². The minimum atomic E-state index is -0.0347. The van der Waals surface area contributed by atoms with Crippen LogP contribution in [0.3, 0.4) is 0 Å². The highest BCUT2D eigenvalue weighted by Gasteiger charge is 2.61. The number of nitrogens with zero attached hydrogens (tertiary/aromatic N) is 1. The minimum Gasteiger partial charge on any atom is -0.350 e. The number of carbonyl (C=O) groups is 2. The highest BCUT2D eigenvalue weighted by Crippen LogP contribution is 2.65. The molecule has 4 heteroatoms. The molecule has 3 saturated carbocycles. The van der Waals surface area contributed by atoms with Crippen LogP contribution in [0.5, 0.6) is 0 Å². The summed E-state index contributed by atoms with van der Waals surface area (Å²) in [7, 11) is 1.99. The lowest BCUT2D eigenvalue weighted by atomic mass is 9.47. The fraction of sp³-hybridized carbons (Fsp3) is 0.857. The van der Waals surface area contributed by atoms with Crippen molar-refractivity contribution < 1.29 is 9.59 Å². The van der Waals surface area contributed by atoms with Crippen LogP contribution in [-0.2, 0) is 9.59 Å². The van der Waals surface area contributed by atoms with Gasteiger partial charge in [-0.1, -0.05) is 47.1 Å². The molecule has 0 aromatic carbocycles. The molecule has 3 fully saturated rings. The number of nitrogens with one attached hydrogen (secondary N) is 1. The molecule has 7 atom stereocenters. The SMILES string of the molecule is CCCC(CC)(CC)NC(=O)[C@H]1CC[C@H]2[C@@H]3CC[C@H]4N(C)C(=O)C=C[C@]4(C)[C@H]3CC[C@]12C. The molecule has 4 nitrogen and oxygen atoms in total. The summed E-state index contributed by atoms with van der Waals surface area (Å²) in [6.45, 7) is 11.5. The molecule has 0 unspecified atom stereocenters. The van der Waals surface area contributed by atoms with E-state index in [1.54, 1.807) is 0 Å². The Morgan fingerprint density at radius 2 is 1.81 bits per heavy atom. The van der Waals surface area contributed by atoms with E-state index in [2.05, 4.69) is 46.0 Å². The summed E-state index contributed by atoms with van der Waals surface area (Å²) >= 11 is 0. The highest BCUT2D eigenvalue weighted by molar-refractivity contribution is 5.89. The molecule has 0 saturated heterocycles. The van der Waals surface area contributed by atoms with Crippen molar-refractivity contribution >= 4 is 11.8 Å². The lowest BCUT2D eigenvalue weighted by molar-refractivity contribution is -0.143. The number of likely N-dealkylation sites (N-methyl/N-ethyl adjacent to an activating group) is 1. The standard InChI is InChI=1S/C28H46N2O2/c1-7-16-28(8-2,9-3)29-25(32)22-12-11-20-19-10-13-23-27(5,18-15-24(31)30(23)6)21(19)14-17-26(20,22)4/h15,18-23H,7-14,16-17H2,1-6H3,(H,29,32)/t19-,20-,21-,22+,23+,26-,27+/m0/s1. The predicted molar refractivity (Wildman–Crippen MR) is 130 cm³/mol. The number of carbonyl (C=O) groups excluding carboxylic acids is 2. The second-order valence-corrected chi connectivity index (χ2v) is 12.0. The van der Waals surface area contributed by atoms with E-state index in [9.17, 15) is 9.59 Å². The minimum absolute atomic E-state index is 0.0347. The van der Waals surface area contributed by atoms with Gasteiger partial charge in [-0.3, -0.25) is 9.59 Å². The van der Waals surface area contributed by atoms with Crippen molar-refractivity contribution in [2.24, 2.45) is 34.5 Å². The van der Waals surface area contributed by atoms with Crippen LogP contribution < -0.4 is 5.32 Å². The smallest absolute Gasteiger partial charge is 0.246 e. The van der Waals surface area contributed by atoms with Gasteiger partial charge in [-0.25, -0.2) is 0 Å². The summed E-state index contributed by atoms with van der Waals surface area (Å²) in [6.07, 6.45) is 15.1. The van der Waals surface area contributed by atoms with Crippen LogP contribution in [0.4, 0.5) is 0 Å². The zero-order valence-electron chi connectivity index (χ0n) is 21.4. The Morgan fingerprint density at radius 1 is 1.09 bits per heavy atom. The number of amides is 2. The van der Waals surface area contributed by atoms with E-state index in [1.807, 2.05) is 18.0 Å². The number of hydrogen-bond acceptors (Lipinski definition) is 2. The molecule has 4 rings (SSSR count). The van der Waals surface area contributed by atoms with Crippen LogP contribution in [0.15, 0.2) is 12.2 Å². The first-order chi connectivity index (χ1) is 15.2. The van der Waals surface area contributed by atoms with Gasteiger partial charge in [0.15, 0.2) is 0 Å². The maximum Gasteiger partial charge on any atom is 0.246 e. The molecular weight excluding hydrogens is 396 g/mol. The summed E-state index contributed by atoms with van der Waals surface area (Å²) in [4.78, 5) is 28.0. The molecule has 1 heterocycles. The van der Waals surface area contributed by atoms with Crippen molar-refractivity contribution in [3.05, 3.63) is 12.2 Å². The topological polar surface area (TPSA) is 49.4 Å². The Kier molecular flexibility index (Phi) is 6.31. The zero-order chi connectivity index (χ0) is 23.3. The summed E-state index contributed by atoms with van der Waals surface area (Å²) in [5.74, 6) is 2.57. The van der Waals surface area contributed by atoms with Gasteiger partial charge in [-0.15, -0.1) is 0 Å². The van der Waals surface area contributed by atoms with Crippen molar-refractivity contribution in [1.29, 1.82) is 0 Å². The van der Waals surface area contributed by atoms with E-state index in [0.717, 1.165) is 44.9 Å². The fourth-order valence-electron chi connectivity index (χ4n) is 8.84. The molecule has 0 radical (unpaired) electrons. The summed E-state index contributed by atoms with van der Waals surface area (Å²) < 4.78 is 0. The molecule has 3 aliphatic carbocycles. The molecule has 0 aromatic heterocycles. The lowest BCUT2D eigenvalue weighted by Gasteiger charge is -2.60. The molecule has 32 heavy (non-hydrogen) atoms. The van der Waals surface area contributed by atoms with Crippen LogP contribution in [0.2, 0.25) is 0 Å². The largest absolute Gasteiger partial charge is 0.350 e. The van der Waals surface area contributed by atoms with Crippen LogP contribution in [0.25, 0.3) is 0 Å². The Bertz CT molecular complexity index is 771. The van der Waals surface area contributed by atoms with Crippen molar-refractivity contribution in [2.75, 3.05) is 7.05 Å². The fourth-order valence-corrected chi connectivity index (χ4v) is 8.84. The predicted octanol–water partition coefficient (Wildman–Crippen LogP) is 5.72. The van der Waals surface area contributed by atoms with Gasteiger partial charge in [0.1, 0.15) is 0 Å². The molecule has 0 aromatic rings. The van der Waals surface area contributed by atoms with Gasteiger partial charge in [0, 0.05) is 30.0 Å². The molecule has 1 N–H and O–H groups in total. The Morgan fingerprint density at radius 3 is 2.47 bits per heavy atom. The third-order valence-electron chi connectivity index (χ3n) is 10.9. The van der Waals surface area contributed by atoms with Crippen molar-refractivity contribution in [3.63, 3.8) is 0 Å². The molecule has 1 aliphatic heterocycles. The molecule has 180 valence electrons. The monoisotopic (exact) mass is 442 g/mol. The third kappa shape index (κ3) is 3.46. The second kappa shape index (κ2) is 8.47. The maximum atomic E-state index is 13.7. The molecule has 4 aliphatic rings. The Hall–Kier alpha value is -1.32. The van der Waals surface area contributed by atoms with Crippen molar-refractivity contribution in [1.82, 2.24) is 10.2 Å². The van der Waals surface area contributed by atoms with Gasteiger partial charge < -0.3 is 10.2 Å². The average Bonchev–Trinajstić information content (AvgIpc) is 3.13. The molecule has 0 spiro atoms. The van der Waals surface area contributed by atoms with E-state index in [4.69, 9.17) is 0 Å². The maximum absolute atomic E-state index is 13.7. The number of rotatable bonds is 6. The van der Waals surface area contributed by atoms with E-state index in [-0.39, 0.29) is 28.2 Å². The van der Waals surface area contributed by atoms with E-state index < -0.39 is 0 Å². The first-order valence-electron chi connectivity index (χ1n) is 13.4. The van der Waals surface area contributed by atoms with E-state index in [1.165, 1.54) is 19.3 Å². The first-order valence-corrected chi connectivity index (χ1v) is 13.4. The van der Waals surface area contributed by atoms with Crippen LogP contribution >= 0.6 is 0 Å². The molecule has 2 amide bonds. The van der Waals surface area contributed by atoms with Crippen LogP contribution in [0, 0.1) is 34.5 Å². The lowest BCUT2D eigenvalue weighted by Crippen LogP contribution is -2.60. The van der Waals surface area contributed by atoms with Gasteiger partial charge in [-0.05, 0) is 87.0 Å².